The van der Waals surface area contributed by atoms with Crippen molar-refractivity contribution in [2.75, 3.05) is 13.1 Å². The zero-order chi connectivity index (χ0) is 13.8. The van der Waals surface area contributed by atoms with Crippen LogP contribution < -0.4 is 5.32 Å². The summed E-state index contributed by atoms with van der Waals surface area (Å²) in [6.45, 7) is 3.41. The lowest BCUT2D eigenvalue weighted by Gasteiger charge is -2.17. The van der Waals surface area contributed by atoms with Crippen molar-refractivity contribution in [2.24, 2.45) is 5.92 Å². The molecule has 1 aromatic carbocycles. The maximum Gasteiger partial charge on any atom is 0.0943 e. The van der Waals surface area contributed by atoms with E-state index in [1.54, 1.807) is 0 Å². The van der Waals surface area contributed by atoms with Crippen molar-refractivity contribution >= 4 is 23.2 Å². The Labute approximate surface area is 125 Å². The van der Waals surface area contributed by atoms with Crippen LogP contribution in [0.2, 0.25) is 10.0 Å². The van der Waals surface area contributed by atoms with E-state index in [0.29, 0.717) is 22.2 Å². The average molecular weight is 302 g/mol. The fourth-order valence-corrected chi connectivity index (χ4v) is 3.62. The number of benzene rings is 1. The van der Waals surface area contributed by atoms with Gasteiger partial charge in [0.05, 0.1) is 6.10 Å². The van der Waals surface area contributed by atoms with Gasteiger partial charge in [-0.1, -0.05) is 36.0 Å². The van der Waals surface area contributed by atoms with Crippen LogP contribution in [-0.2, 0) is 0 Å². The van der Waals surface area contributed by atoms with Crippen molar-refractivity contribution < 1.29 is 5.11 Å². The zero-order valence-electron chi connectivity index (χ0n) is 11.3. The summed E-state index contributed by atoms with van der Waals surface area (Å²) in [5.74, 6) is 0.760. The van der Waals surface area contributed by atoms with Crippen molar-refractivity contribution in [3.05, 3.63) is 33.3 Å². The predicted octanol–water partition coefficient (Wildman–Crippen LogP) is 4.12. The van der Waals surface area contributed by atoms with Crippen LogP contribution >= 0.6 is 23.2 Å². The molecule has 1 aromatic rings. The molecule has 2 N–H and O–H groups in total. The van der Waals surface area contributed by atoms with Crippen LogP contribution in [-0.4, -0.2) is 18.2 Å². The molecular weight excluding hydrogens is 281 g/mol. The fraction of sp³-hybridized carbons (Fsp3) is 0.600. The second-order valence-electron chi connectivity index (χ2n) is 5.47. The lowest BCUT2D eigenvalue weighted by molar-refractivity contribution is 0.173. The van der Waals surface area contributed by atoms with Crippen LogP contribution in [0.5, 0.6) is 0 Å². The van der Waals surface area contributed by atoms with E-state index in [4.69, 9.17) is 23.2 Å². The largest absolute Gasteiger partial charge is 0.387 e. The van der Waals surface area contributed by atoms with E-state index >= 15 is 0 Å². The first-order valence-corrected chi connectivity index (χ1v) is 7.68. The van der Waals surface area contributed by atoms with E-state index in [2.05, 4.69) is 5.32 Å². The molecule has 0 amide bonds. The van der Waals surface area contributed by atoms with Gasteiger partial charge >= 0.3 is 0 Å². The van der Waals surface area contributed by atoms with Crippen LogP contribution in [0.15, 0.2) is 12.1 Å². The number of hydrogen-bond donors (Lipinski definition) is 2. The molecule has 1 unspecified atom stereocenters. The number of rotatable bonds is 5. The SMILES string of the molecule is Cc1cc(Cl)c(C(O)CNCC2CCCC2)c(Cl)c1. The third-order valence-corrected chi connectivity index (χ3v) is 4.43. The summed E-state index contributed by atoms with van der Waals surface area (Å²) in [5.41, 5.74) is 1.64. The van der Waals surface area contributed by atoms with Gasteiger partial charge in [0, 0.05) is 22.2 Å². The molecule has 19 heavy (non-hydrogen) atoms. The van der Waals surface area contributed by atoms with Crippen molar-refractivity contribution in [3.63, 3.8) is 0 Å². The molecule has 1 aliphatic rings. The van der Waals surface area contributed by atoms with Crippen LogP contribution in [0, 0.1) is 12.8 Å². The monoisotopic (exact) mass is 301 g/mol. The molecule has 0 radical (unpaired) electrons. The Hall–Kier alpha value is -0.280. The fourth-order valence-electron chi connectivity index (χ4n) is 2.77. The van der Waals surface area contributed by atoms with Gasteiger partial charge in [0.15, 0.2) is 0 Å². The van der Waals surface area contributed by atoms with Gasteiger partial charge in [-0.25, -0.2) is 0 Å². The third-order valence-electron chi connectivity index (χ3n) is 3.80. The number of nitrogens with one attached hydrogen (secondary N) is 1. The predicted molar refractivity (Wildman–Crippen MR) is 81.0 cm³/mol. The smallest absolute Gasteiger partial charge is 0.0943 e. The summed E-state index contributed by atoms with van der Waals surface area (Å²) in [4.78, 5) is 0. The topological polar surface area (TPSA) is 32.3 Å². The molecule has 0 aromatic heterocycles. The Morgan fingerprint density at radius 3 is 2.42 bits per heavy atom. The van der Waals surface area contributed by atoms with Crippen molar-refractivity contribution in [2.45, 2.75) is 38.7 Å². The first-order chi connectivity index (χ1) is 9.08. The van der Waals surface area contributed by atoms with Gasteiger partial charge in [0.2, 0.25) is 0 Å². The second-order valence-corrected chi connectivity index (χ2v) is 6.28. The molecule has 106 valence electrons. The Morgan fingerprint density at radius 2 is 1.84 bits per heavy atom. The molecule has 2 rings (SSSR count). The second kappa shape index (κ2) is 6.94. The van der Waals surface area contributed by atoms with Gasteiger partial charge in [0.1, 0.15) is 0 Å². The highest BCUT2D eigenvalue weighted by molar-refractivity contribution is 6.36. The summed E-state index contributed by atoms with van der Waals surface area (Å²) in [7, 11) is 0. The summed E-state index contributed by atoms with van der Waals surface area (Å²) in [6, 6.07) is 3.67. The zero-order valence-corrected chi connectivity index (χ0v) is 12.8. The Bertz CT molecular complexity index is 407. The number of aliphatic hydroxyl groups excluding tert-OH is 1. The van der Waals surface area contributed by atoms with E-state index in [0.717, 1.165) is 18.0 Å². The van der Waals surface area contributed by atoms with Crippen molar-refractivity contribution in [1.29, 1.82) is 0 Å². The summed E-state index contributed by atoms with van der Waals surface area (Å²) in [5, 5.41) is 14.6. The molecule has 1 fully saturated rings. The number of aliphatic hydroxyl groups is 1. The van der Waals surface area contributed by atoms with Crippen LogP contribution in [0.3, 0.4) is 0 Å². The van der Waals surface area contributed by atoms with E-state index < -0.39 is 6.10 Å². The van der Waals surface area contributed by atoms with Crippen molar-refractivity contribution in [1.82, 2.24) is 5.32 Å². The molecule has 1 atom stereocenters. The van der Waals surface area contributed by atoms with E-state index in [9.17, 15) is 5.11 Å². The molecule has 0 aliphatic heterocycles. The summed E-state index contributed by atoms with van der Waals surface area (Å²) >= 11 is 12.3. The molecule has 0 spiro atoms. The van der Waals surface area contributed by atoms with Crippen LogP contribution in [0.4, 0.5) is 0 Å². The van der Waals surface area contributed by atoms with Crippen LogP contribution in [0.1, 0.15) is 42.9 Å². The lowest BCUT2D eigenvalue weighted by Crippen LogP contribution is -2.26. The normalized spacial score (nSPS) is 17.9. The molecule has 1 aliphatic carbocycles. The van der Waals surface area contributed by atoms with Gasteiger partial charge in [-0.3, -0.25) is 0 Å². The first kappa shape index (κ1) is 15.1. The van der Waals surface area contributed by atoms with Crippen LogP contribution in [0.25, 0.3) is 0 Å². The summed E-state index contributed by atoms with van der Waals surface area (Å²) in [6.07, 6.45) is 4.63. The quantitative estimate of drug-likeness (QED) is 0.857. The van der Waals surface area contributed by atoms with Gasteiger partial charge in [-0.2, -0.15) is 0 Å². The molecule has 0 bridgehead atoms. The molecule has 0 heterocycles. The van der Waals surface area contributed by atoms with Gasteiger partial charge in [-0.15, -0.1) is 0 Å². The molecule has 4 heteroatoms. The van der Waals surface area contributed by atoms with E-state index in [-0.39, 0.29) is 0 Å². The Morgan fingerprint density at radius 1 is 1.26 bits per heavy atom. The maximum atomic E-state index is 10.2. The molecule has 2 nitrogen and oxygen atoms in total. The Kier molecular flexibility index (Phi) is 5.52. The highest BCUT2D eigenvalue weighted by Crippen LogP contribution is 2.31. The van der Waals surface area contributed by atoms with Gasteiger partial charge < -0.3 is 10.4 Å². The maximum absolute atomic E-state index is 10.2. The minimum atomic E-state index is -0.651. The molecule has 1 saturated carbocycles. The molecular formula is C15H21Cl2NO. The van der Waals surface area contributed by atoms with E-state index in [1.165, 1.54) is 25.7 Å². The minimum absolute atomic E-state index is 0.499. The number of hydrogen-bond acceptors (Lipinski definition) is 2. The molecule has 0 saturated heterocycles. The third kappa shape index (κ3) is 4.09. The standard InChI is InChI=1S/C15H21Cl2NO/c1-10-6-12(16)15(13(17)7-10)14(19)9-18-8-11-4-2-3-5-11/h6-7,11,14,18-19H,2-5,8-9H2,1H3. The van der Waals surface area contributed by atoms with E-state index in [1.807, 2.05) is 19.1 Å². The van der Waals surface area contributed by atoms with Gasteiger partial charge in [0.25, 0.3) is 0 Å². The highest BCUT2D eigenvalue weighted by atomic mass is 35.5. The number of halogens is 2. The van der Waals surface area contributed by atoms with Crippen molar-refractivity contribution in [3.8, 4) is 0 Å². The summed E-state index contributed by atoms with van der Waals surface area (Å²) < 4.78 is 0. The minimum Gasteiger partial charge on any atom is -0.387 e. The Balaban J connectivity index is 1.90. The average Bonchev–Trinajstić information content (AvgIpc) is 2.80. The van der Waals surface area contributed by atoms with Gasteiger partial charge in [-0.05, 0) is 49.9 Å². The first-order valence-electron chi connectivity index (χ1n) is 6.92. The highest BCUT2D eigenvalue weighted by Gasteiger charge is 2.18. The lowest BCUT2D eigenvalue weighted by atomic mass is 10.1. The number of aryl methyl sites for hydroxylation is 1.